The highest BCUT2D eigenvalue weighted by atomic mass is 19.4. The van der Waals surface area contributed by atoms with Gasteiger partial charge in [-0.05, 0) is 153 Å². The molecule has 0 bridgehead atoms. The Balaban J connectivity index is 0.000000180. The third-order valence-electron chi connectivity index (χ3n) is 13.3. The van der Waals surface area contributed by atoms with Crippen molar-refractivity contribution in [3.05, 3.63) is 239 Å². The Hall–Kier alpha value is -10.6. The third kappa shape index (κ3) is 13.7. The quantitative estimate of drug-likeness (QED) is 0.0197. The van der Waals surface area contributed by atoms with Gasteiger partial charge in [0.2, 0.25) is 0 Å². The smallest absolute Gasteiger partial charge is 0.416 e. The zero-order valence-electron chi connectivity index (χ0n) is 44.2. The molecular formula is C64H53F7N6O6. The SMILES string of the molecule is C=Cc1ccccc1-c1c(/C(N)=N/O)cc(C(F)(F)F)cc1-c1ccc(O)cc1.CCc1ccccc1-c1c(/C(N)=N/O)cc(C(F)(F)F)cc1-c1ccc(O)cc1.Cc1ccc(F)cc1-c1c(/C(N)=N/O)cccc1-c1ccc(O)cc1. The summed E-state index contributed by atoms with van der Waals surface area (Å²) in [5.74, 6) is -1.17. The van der Waals surface area contributed by atoms with Gasteiger partial charge in [-0.25, -0.2) is 4.39 Å². The highest BCUT2D eigenvalue weighted by Gasteiger charge is 2.35. The summed E-state index contributed by atoms with van der Waals surface area (Å²) in [6.07, 6.45) is -7.06. The first kappa shape index (κ1) is 60.1. The van der Waals surface area contributed by atoms with E-state index >= 15 is 0 Å². The molecule has 0 heterocycles. The van der Waals surface area contributed by atoms with Crippen molar-refractivity contribution in [1.82, 2.24) is 0 Å². The average Bonchev–Trinajstić information content (AvgIpc) is 3.36. The van der Waals surface area contributed by atoms with Crippen LogP contribution in [0.3, 0.4) is 0 Å². The van der Waals surface area contributed by atoms with E-state index in [2.05, 4.69) is 22.0 Å². The topological polar surface area (TPSA) is 237 Å². The number of phenols is 3. The molecular weight excluding hydrogens is 1080 g/mol. The van der Waals surface area contributed by atoms with Crippen molar-refractivity contribution >= 4 is 23.6 Å². The second kappa shape index (κ2) is 25.7. The Morgan fingerprint density at radius 2 is 0.855 bits per heavy atom. The van der Waals surface area contributed by atoms with Crippen LogP contribution in [0.25, 0.3) is 72.8 Å². The Labute approximate surface area is 471 Å². The number of oxime groups is 3. The van der Waals surface area contributed by atoms with Crippen LogP contribution in [0.2, 0.25) is 0 Å². The third-order valence-corrected chi connectivity index (χ3v) is 13.3. The van der Waals surface area contributed by atoms with E-state index in [0.717, 1.165) is 46.5 Å². The summed E-state index contributed by atoms with van der Waals surface area (Å²) in [5.41, 5.74) is 24.8. The summed E-state index contributed by atoms with van der Waals surface area (Å²) in [7, 11) is 0. The molecule has 12 N–H and O–H groups in total. The van der Waals surface area contributed by atoms with Gasteiger partial charge in [0.1, 0.15) is 23.1 Å². The minimum absolute atomic E-state index is 0.00658. The molecule has 9 rings (SSSR count). The predicted octanol–water partition coefficient (Wildman–Crippen LogP) is 15.2. The average molecular weight is 1140 g/mol. The van der Waals surface area contributed by atoms with E-state index in [1.165, 1.54) is 60.7 Å². The van der Waals surface area contributed by atoms with Crippen molar-refractivity contribution in [2.45, 2.75) is 32.6 Å². The fourth-order valence-electron chi connectivity index (χ4n) is 9.27. The molecule has 0 amide bonds. The molecule has 9 aromatic carbocycles. The molecule has 424 valence electrons. The molecule has 0 aliphatic heterocycles. The number of amidine groups is 3. The summed E-state index contributed by atoms with van der Waals surface area (Å²) in [5, 5.41) is 65.3. The van der Waals surface area contributed by atoms with Crippen LogP contribution in [0.5, 0.6) is 17.2 Å². The van der Waals surface area contributed by atoms with Gasteiger partial charge in [0.05, 0.1) is 11.1 Å². The number of rotatable bonds is 11. The molecule has 0 saturated heterocycles. The number of aryl methyl sites for hydroxylation is 2. The predicted molar refractivity (Wildman–Crippen MR) is 309 cm³/mol. The first-order valence-corrected chi connectivity index (χ1v) is 25.0. The van der Waals surface area contributed by atoms with E-state index in [0.29, 0.717) is 62.1 Å². The molecule has 0 aromatic heterocycles. The van der Waals surface area contributed by atoms with E-state index in [1.54, 1.807) is 84.9 Å². The van der Waals surface area contributed by atoms with Crippen molar-refractivity contribution in [2.24, 2.45) is 32.7 Å². The van der Waals surface area contributed by atoms with Gasteiger partial charge >= 0.3 is 12.4 Å². The molecule has 0 fully saturated rings. The maximum atomic E-state index is 13.9. The molecule has 0 saturated carbocycles. The molecule has 19 heteroatoms. The number of nitrogens with two attached hydrogens (primary N) is 3. The first-order valence-electron chi connectivity index (χ1n) is 25.0. The van der Waals surface area contributed by atoms with Crippen molar-refractivity contribution < 1.29 is 61.7 Å². The Kier molecular flexibility index (Phi) is 18.6. The molecule has 9 aromatic rings. The van der Waals surface area contributed by atoms with Crippen LogP contribution in [0.15, 0.2) is 204 Å². The van der Waals surface area contributed by atoms with Gasteiger partial charge in [0, 0.05) is 33.4 Å². The van der Waals surface area contributed by atoms with Crippen LogP contribution in [0.1, 0.15) is 51.4 Å². The van der Waals surface area contributed by atoms with Gasteiger partial charge in [0.15, 0.2) is 17.5 Å². The fourth-order valence-corrected chi connectivity index (χ4v) is 9.27. The molecule has 0 atom stereocenters. The number of hydrogen-bond acceptors (Lipinski definition) is 9. The Bertz CT molecular complexity index is 3900. The minimum atomic E-state index is -4.65. The standard InChI is InChI=1S/C22H19F3N2O2.C22H17F3N2O2.C20H17FN2O2/c2*1-2-13-5-3-4-6-17(13)20-18(14-7-9-16(28)10-8-14)11-15(22(23,24)25)12-19(20)21(26)27-29;1-12-5-8-14(21)11-18(12)19-16(13-6-9-15(24)10-7-13)3-2-4-17(19)20(22)23-25/h3-12,28-29H,2H2,1H3,(H2,26,27);2-12,28-29H,1H2,(H2,26,27);2-11,24-25H,1H3,(H2,22,23). The number of nitrogens with zero attached hydrogens (tertiary/aromatic N) is 3. The maximum Gasteiger partial charge on any atom is 0.416 e. The summed E-state index contributed by atoms with van der Waals surface area (Å²) in [4.78, 5) is 0. The zero-order valence-corrected chi connectivity index (χ0v) is 44.2. The van der Waals surface area contributed by atoms with Crippen molar-refractivity contribution in [3.63, 3.8) is 0 Å². The normalized spacial score (nSPS) is 11.9. The summed E-state index contributed by atoms with van der Waals surface area (Å²) < 4.78 is 95.4. The molecule has 0 radical (unpaired) electrons. The van der Waals surface area contributed by atoms with Gasteiger partial charge < -0.3 is 48.1 Å². The van der Waals surface area contributed by atoms with E-state index in [-0.39, 0.29) is 51.2 Å². The van der Waals surface area contributed by atoms with E-state index in [4.69, 9.17) is 22.4 Å². The van der Waals surface area contributed by atoms with Gasteiger partial charge in [0.25, 0.3) is 0 Å². The molecule has 12 nitrogen and oxygen atoms in total. The highest BCUT2D eigenvalue weighted by molar-refractivity contribution is 6.09. The van der Waals surface area contributed by atoms with Crippen LogP contribution in [-0.4, -0.2) is 48.4 Å². The van der Waals surface area contributed by atoms with E-state index in [9.17, 15) is 56.5 Å². The number of benzene rings is 9. The van der Waals surface area contributed by atoms with Crippen LogP contribution in [0, 0.1) is 12.7 Å². The lowest BCUT2D eigenvalue weighted by molar-refractivity contribution is -0.138. The van der Waals surface area contributed by atoms with Crippen LogP contribution in [0.4, 0.5) is 30.7 Å². The van der Waals surface area contributed by atoms with Crippen molar-refractivity contribution in [3.8, 4) is 84.0 Å². The Morgan fingerprint density at radius 3 is 1.30 bits per heavy atom. The first-order chi connectivity index (χ1) is 39.5. The number of hydrogen-bond donors (Lipinski definition) is 9. The monoisotopic (exact) mass is 1130 g/mol. The molecule has 83 heavy (non-hydrogen) atoms. The number of alkyl halides is 6. The fraction of sp³-hybridized carbons (Fsp3) is 0.0781. The lowest BCUT2D eigenvalue weighted by atomic mass is 9.85. The van der Waals surface area contributed by atoms with E-state index in [1.807, 2.05) is 32.0 Å². The number of halogens is 7. The summed E-state index contributed by atoms with van der Waals surface area (Å²) in [6, 6.07) is 46.3. The van der Waals surface area contributed by atoms with Crippen LogP contribution >= 0.6 is 0 Å². The number of aromatic hydroxyl groups is 3. The van der Waals surface area contributed by atoms with Crippen molar-refractivity contribution in [1.29, 1.82) is 0 Å². The van der Waals surface area contributed by atoms with Crippen LogP contribution < -0.4 is 17.2 Å². The summed E-state index contributed by atoms with van der Waals surface area (Å²) in [6.45, 7) is 7.57. The van der Waals surface area contributed by atoms with Crippen LogP contribution in [-0.2, 0) is 18.8 Å². The minimum Gasteiger partial charge on any atom is -0.508 e. The molecule has 0 unspecified atom stereocenters. The second-order valence-corrected chi connectivity index (χ2v) is 18.5. The zero-order chi connectivity index (χ0) is 60.3. The Morgan fingerprint density at radius 1 is 0.458 bits per heavy atom. The number of phenolic OH excluding ortho intramolecular Hbond substituents is 3. The van der Waals surface area contributed by atoms with E-state index < -0.39 is 35.2 Å². The molecule has 0 aliphatic carbocycles. The highest BCUT2D eigenvalue weighted by Crippen LogP contribution is 2.45. The molecule has 0 spiro atoms. The second-order valence-electron chi connectivity index (χ2n) is 18.5. The largest absolute Gasteiger partial charge is 0.508 e. The molecule has 0 aliphatic rings. The van der Waals surface area contributed by atoms with Gasteiger partial charge in [-0.3, -0.25) is 0 Å². The maximum absolute atomic E-state index is 13.9. The lowest BCUT2D eigenvalue weighted by Gasteiger charge is -2.20. The lowest BCUT2D eigenvalue weighted by Crippen LogP contribution is -2.17. The van der Waals surface area contributed by atoms with Crippen molar-refractivity contribution in [2.75, 3.05) is 0 Å². The van der Waals surface area contributed by atoms with Gasteiger partial charge in [-0.1, -0.05) is 144 Å². The van der Waals surface area contributed by atoms with Gasteiger partial charge in [-0.2, -0.15) is 26.3 Å². The summed E-state index contributed by atoms with van der Waals surface area (Å²) >= 11 is 0. The van der Waals surface area contributed by atoms with Gasteiger partial charge in [-0.15, -0.1) is 0 Å².